The van der Waals surface area contributed by atoms with Gasteiger partial charge in [-0.2, -0.15) is 0 Å². The number of hydrogen-bond donors (Lipinski definition) is 1. The molecule has 1 fully saturated rings. The van der Waals surface area contributed by atoms with Crippen LogP contribution in [-0.4, -0.2) is 11.1 Å². The number of aliphatic carboxylic acids is 1. The highest BCUT2D eigenvalue weighted by Gasteiger charge is 2.41. The number of allylic oxidation sites excluding steroid dienone is 1. The predicted molar refractivity (Wildman–Crippen MR) is 79.7 cm³/mol. The topological polar surface area (TPSA) is 46.5 Å². The molecule has 21 heavy (non-hydrogen) atoms. The van der Waals surface area contributed by atoms with Crippen LogP contribution in [-0.2, 0) is 15.1 Å². The Balaban J connectivity index is 2.08. The summed E-state index contributed by atoms with van der Waals surface area (Å²) in [6.07, 6.45) is 2.52. The second-order valence-electron chi connectivity index (χ2n) is 5.11. The van der Waals surface area contributed by atoms with E-state index in [1.54, 1.807) is 0 Å². The predicted octanol–water partition coefficient (Wildman–Crippen LogP) is 3.71. The fraction of sp³-hybridized carbons (Fsp3) is 0.167. The molecule has 3 heteroatoms. The summed E-state index contributed by atoms with van der Waals surface area (Å²) in [6, 6.07) is 19.9. The normalized spacial score (nSPS) is 18.4. The minimum Gasteiger partial charge on any atom is -0.482 e. The van der Waals surface area contributed by atoms with Gasteiger partial charge in [0.1, 0.15) is 5.76 Å². The lowest BCUT2D eigenvalue weighted by atomic mass is 9.84. The minimum atomic E-state index is -0.970. The molecule has 106 valence electrons. The highest BCUT2D eigenvalue weighted by atomic mass is 16.5. The molecule has 1 aliphatic rings. The number of ether oxygens (including phenoxy) is 1. The van der Waals surface area contributed by atoms with Crippen LogP contribution in [0.25, 0.3) is 0 Å². The fourth-order valence-corrected chi connectivity index (χ4v) is 2.85. The Morgan fingerprint density at radius 1 is 1.00 bits per heavy atom. The van der Waals surface area contributed by atoms with Crippen molar-refractivity contribution >= 4 is 5.97 Å². The summed E-state index contributed by atoms with van der Waals surface area (Å²) in [6.45, 7) is 0. The molecule has 1 saturated heterocycles. The van der Waals surface area contributed by atoms with Crippen molar-refractivity contribution in [1.29, 1.82) is 0 Å². The largest absolute Gasteiger partial charge is 0.482 e. The average molecular weight is 280 g/mol. The zero-order valence-electron chi connectivity index (χ0n) is 11.5. The van der Waals surface area contributed by atoms with Crippen molar-refractivity contribution in [3.63, 3.8) is 0 Å². The van der Waals surface area contributed by atoms with Crippen LogP contribution in [0.5, 0.6) is 0 Å². The Labute approximate surface area is 123 Å². The Morgan fingerprint density at radius 2 is 1.52 bits per heavy atom. The minimum absolute atomic E-state index is 0.523. The Kier molecular flexibility index (Phi) is 3.48. The van der Waals surface area contributed by atoms with Crippen LogP contribution >= 0.6 is 0 Å². The van der Waals surface area contributed by atoms with Crippen molar-refractivity contribution in [1.82, 2.24) is 0 Å². The molecule has 0 atom stereocenters. The van der Waals surface area contributed by atoms with Crippen LogP contribution in [0.1, 0.15) is 24.0 Å². The Morgan fingerprint density at radius 3 is 2.00 bits per heavy atom. The molecule has 0 aromatic heterocycles. The van der Waals surface area contributed by atoms with Crippen molar-refractivity contribution in [3.8, 4) is 0 Å². The van der Waals surface area contributed by atoms with Gasteiger partial charge in [0.15, 0.2) is 5.60 Å². The molecule has 0 radical (unpaired) electrons. The van der Waals surface area contributed by atoms with E-state index in [9.17, 15) is 4.79 Å². The molecule has 0 bridgehead atoms. The molecule has 0 aliphatic carbocycles. The van der Waals surface area contributed by atoms with E-state index >= 15 is 0 Å². The molecule has 0 saturated carbocycles. The van der Waals surface area contributed by atoms with Crippen molar-refractivity contribution in [2.75, 3.05) is 0 Å². The van der Waals surface area contributed by atoms with Gasteiger partial charge in [0.25, 0.3) is 0 Å². The number of carboxylic acids is 1. The number of rotatable bonds is 3. The third-order valence-electron chi connectivity index (χ3n) is 3.79. The van der Waals surface area contributed by atoms with E-state index in [4.69, 9.17) is 9.84 Å². The van der Waals surface area contributed by atoms with Gasteiger partial charge >= 0.3 is 5.97 Å². The molecular weight excluding hydrogens is 264 g/mol. The standard InChI is InChI=1S/C18H16O3/c19-17(20)13-16-11-12-18(21-16,14-7-3-1-4-8-14)15-9-5-2-6-10-15/h1-10,13H,11-12H2,(H,19,20)/b16-13+. The van der Waals surface area contributed by atoms with Crippen LogP contribution < -0.4 is 0 Å². The summed E-state index contributed by atoms with van der Waals surface area (Å²) >= 11 is 0. The number of carboxylic acid groups (broad SMARTS) is 1. The van der Waals surface area contributed by atoms with Gasteiger partial charge in [-0.3, -0.25) is 0 Å². The van der Waals surface area contributed by atoms with Gasteiger partial charge < -0.3 is 9.84 Å². The lowest BCUT2D eigenvalue weighted by molar-refractivity contribution is -0.131. The molecule has 0 spiro atoms. The van der Waals surface area contributed by atoms with E-state index in [0.717, 1.165) is 23.6 Å². The first kappa shape index (κ1) is 13.4. The maximum atomic E-state index is 10.9. The summed E-state index contributed by atoms with van der Waals surface area (Å²) < 4.78 is 6.11. The molecular formula is C18H16O3. The lowest BCUT2D eigenvalue weighted by Gasteiger charge is -2.30. The molecule has 0 amide bonds. The van der Waals surface area contributed by atoms with Gasteiger partial charge in [-0.15, -0.1) is 0 Å². The molecule has 1 aliphatic heterocycles. The summed E-state index contributed by atoms with van der Waals surface area (Å²) in [5.41, 5.74) is 1.50. The summed E-state index contributed by atoms with van der Waals surface area (Å²) in [5.74, 6) is -0.447. The van der Waals surface area contributed by atoms with E-state index in [1.165, 1.54) is 0 Å². The van der Waals surface area contributed by atoms with Gasteiger partial charge in [0.2, 0.25) is 0 Å². The molecule has 3 nitrogen and oxygen atoms in total. The fourth-order valence-electron chi connectivity index (χ4n) is 2.85. The quantitative estimate of drug-likeness (QED) is 0.872. The second-order valence-corrected chi connectivity index (χ2v) is 5.11. The third kappa shape index (κ3) is 2.55. The zero-order chi connectivity index (χ0) is 14.7. The van der Waals surface area contributed by atoms with Crippen LogP contribution in [0.3, 0.4) is 0 Å². The van der Waals surface area contributed by atoms with Crippen molar-refractivity contribution in [2.45, 2.75) is 18.4 Å². The van der Waals surface area contributed by atoms with Crippen LogP contribution in [0, 0.1) is 0 Å². The van der Waals surface area contributed by atoms with Crippen LogP contribution in [0.15, 0.2) is 72.5 Å². The van der Waals surface area contributed by atoms with Gasteiger partial charge in [-0.05, 0) is 11.1 Å². The SMILES string of the molecule is O=C(O)/C=C1\CCC(c2ccccc2)(c2ccccc2)O1. The molecule has 3 rings (SSSR count). The smallest absolute Gasteiger partial charge is 0.331 e. The lowest BCUT2D eigenvalue weighted by Crippen LogP contribution is -2.26. The van der Waals surface area contributed by atoms with E-state index in [-0.39, 0.29) is 0 Å². The van der Waals surface area contributed by atoms with Gasteiger partial charge in [0.05, 0.1) is 6.08 Å². The highest BCUT2D eigenvalue weighted by Crippen LogP contribution is 2.46. The zero-order valence-corrected chi connectivity index (χ0v) is 11.5. The molecule has 0 unspecified atom stereocenters. The molecule has 2 aromatic carbocycles. The number of hydrogen-bond acceptors (Lipinski definition) is 2. The van der Waals surface area contributed by atoms with Gasteiger partial charge in [-0.25, -0.2) is 4.79 Å². The average Bonchev–Trinajstić information content (AvgIpc) is 2.93. The maximum absolute atomic E-state index is 10.9. The molecule has 1 N–H and O–H groups in total. The molecule has 2 aromatic rings. The summed E-state index contributed by atoms with van der Waals surface area (Å²) in [5, 5.41) is 8.93. The first-order chi connectivity index (χ1) is 10.2. The van der Waals surface area contributed by atoms with Gasteiger partial charge in [-0.1, -0.05) is 60.7 Å². The van der Waals surface area contributed by atoms with Crippen LogP contribution in [0.2, 0.25) is 0 Å². The van der Waals surface area contributed by atoms with E-state index < -0.39 is 11.6 Å². The number of benzene rings is 2. The Bertz CT molecular complexity index is 620. The Hall–Kier alpha value is -2.55. The van der Waals surface area contributed by atoms with Crippen LogP contribution in [0.4, 0.5) is 0 Å². The van der Waals surface area contributed by atoms with E-state index in [0.29, 0.717) is 12.2 Å². The van der Waals surface area contributed by atoms with Gasteiger partial charge in [0, 0.05) is 12.8 Å². The first-order valence-corrected chi connectivity index (χ1v) is 6.94. The third-order valence-corrected chi connectivity index (χ3v) is 3.79. The van der Waals surface area contributed by atoms with Crippen molar-refractivity contribution < 1.29 is 14.6 Å². The highest BCUT2D eigenvalue weighted by molar-refractivity contribution is 5.80. The molecule has 1 heterocycles. The van der Waals surface area contributed by atoms with E-state index in [2.05, 4.69) is 0 Å². The number of carbonyl (C=O) groups is 1. The second kappa shape index (κ2) is 5.44. The monoisotopic (exact) mass is 280 g/mol. The maximum Gasteiger partial charge on any atom is 0.331 e. The van der Waals surface area contributed by atoms with Crippen molar-refractivity contribution in [2.24, 2.45) is 0 Å². The summed E-state index contributed by atoms with van der Waals surface area (Å²) in [4.78, 5) is 10.9. The summed E-state index contributed by atoms with van der Waals surface area (Å²) in [7, 11) is 0. The first-order valence-electron chi connectivity index (χ1n) is 6.94. The van der Waals surface area contributed by atoms with E-state index in [1.807, 2.05) is 60.7 Å². The van der Waals surface area contributed by atoms with Crippen molar-refractivity contribution in [3.05, 3.63) is 83.6 Å².